The van der Waals surface area contributed by atoms with Crippen LogP contribution in [0.2, 0.25) is 0 Å². The summed E-state index contributed by atoms with van der Waals surface area (Å²) < 4.78 is 29.4. The van der Waals surface area contributed by atoms with Crippen LogP contribution in [0.1, 0.15) is 19.4 Å². The largest absolute Gasteiger partial charge is 0.378 e. The molecule has 0 N–H and O–H groups in total. The van der Waals surface area contributed by atoms with Crippen LogP contribution in [-0.4, -0.2) is 31.8 Å². The maximum absolute atomic E-state index is 12.1. The van der Waals surface area contributed by atoms with E-state index in [1.165, 1.54) is 12.1 Å². The number of rotatable bonds is 6. The molecule has 1 aromatic carbocycles. The summed E-state index contributed by atoms with van der Waals surface area (Å²) >= 11 is 0. The fourth-order valence-corrected chi connectivity index (χ4v) is 3.19. The summed E-state index contributed by atoms with van der Waals surface area (Å²) in [5.41, 5.74) is 0.243. The van der Waals surface area contributed by atoms with Crippen molar-refractivity contribution in [2.45, 2.75) is 31.8 Å². The number of benzene rings is 1. The van der Waals surface area contributed by atoms with Gasteiger partial charge in [0.1, 0.15) is 0 Å². The van der Waals surface area contributed by atoms with Gasteiger partial charge in [0.25, 0.3) is 5.69 Å². The number of ether oxygens (including phenoxy) is 1. The zero-order chi connectivity index (χ0) is 14.6. The number of hydrogen-bond donors (Lipinski definition) is 0. The van der Waals surface area contributed by atoms with E-state index < -0.39 is 20.9 Å². The number of aryl methyl sites for hydroxylation is 1. The highest BCUT2D eigenvalue weighted by Crippen LogP contribution is 2.23. The monoisotopic (exact) mass is 287 g/mol. The number of sulfone groups is 1. The van der Waals surface area contributed by atoms with Crippen molar-refractivity contribution in [3.05, 3.63) is 33.9 Å². The third kappa shape index (κ3) is 4.00. The fourth-order valence-electron chi connectivity index (χ4n) is 1.72. The first-order chi connectivity index (χ1) is 8.77. The highest BCUT2D eigenvalue weighted by molar-refractivity contribution is 7.91. The van der Waals surface area contributed by atoms with Crippen LogP contribution < -0.4 is 0 Å². The van der Waals surface area contributed by atoms with Gasteiger partial charge in [-0.1, -0.05) is 6.07 Å². The van der Waals surface area contributed by atoms with E-state index in [4.69, 9.17) is 4.74 Å². The number of nitrogens with zero attached hydrogens (tertiary/aromatic N) is 1. The maximum Gasteiger partial charge on any atom is 0.273 e. The standard InChI is InChI=1S/C12H17NO5S/c1-4-18-10(3)8-19(16,17)11-6-5-9(2)12(7-11)13(14)15/h5-7,10H,4,8H2,1-3H3. The average molecular weight is 287 g/mol. The number of nitro groups is 1. The van der Waals surface area contributed by atoms with E-state index in [1.54, 1.807) is 20.8 Å². The Morgan fingerprint density at radius 2 is 2.05 bits per heavy atom. The Balaban J connectivity index is 3.08. The van der Waals surface area contributed by atoms with Crippen molar-refractivity contribution < 1.29 is 18.1 Å². The second-order valence-electron chi connectivity index (χ2n) is 4.25. The Morgan fingerprint density at radius 3 is 2.58 bits per heavy atom. The van der Waals surface area contributed by atoms with Gasteiger partial charge in [-0.2, -0.15) is 0 Å². The minimum atomic E-state index is -3.58. The van der Waals surface area contributed by atoms with Crippen LogP contribution in [0.3, 0.4) is 0 Å². The van der Waals surface area contributed by atoms with Gasteiger partial charge in [0.15, 0.2) is 9.84 Å². The molecule has 1 unspecified atom stereocenters. The summed E-state index contributed by atoms with van der Waals surface area (Å²) in [4.78, 5) is 10.2. The lowest BCUT2D eigenvalue weighted by Gasteiger charge is -2.12. The van der Waals surface area contributed by atoms with Gasteiger partial charge in [0.05, 0.1) is 21.7 Å². The van der Waals surface area contributed by atoms with Crippen LogP contribution >= 0.6 is 0 Å². The van der Waals surface area contributed by atoms with Crippen LogP contribution in [0.4, 0.5) is 5.69 Å². The first kappa shape index (κ1) is 15.6. The molecular formula is C12H17NO5S. The van der Waals surface area contributed by atoms with Crippen molar-refractivity contribution in [2.24, 2.45) is 0 Å². The molecule has 0 aromatic heterocycles. The van der Waals surface area contributed by atoms with Gasteiger partial charge < -0.3 is 4.74 Å². The van der Waals surface area contributed by atoms with Gasteiger partial charge in [-0.25, -0.2) is 8.42 Å². The molecule has 0 saturated carbocycles. The van der Waals surface area contributed by atoms with Crippen LogP contribution in [0.25, 0.3) is 0 Å². The zero-order valence-electron chi connectivity index (χ0n) is 11.1. The molecule has 106 valence electrons. The Kier molecular flexibility index (Phi) is 5.02. The minimum absolute atomic E-state index is 0.0450. The smallest absolute Gasteiger partial charge is 0.273 e. The zero-order valence-corrected chi connectivity index (χ0v) is 11.9. The molecule has 0 heterocycles. The van der Waals surface area contributed by atoms with E-state index >= 15 is 0 Å². The van der Waals surface area contributed by atoms with Gasteiger partial charge in [-0.3, -0.25) is 10.1 Å². The second-order valence-corrected chi connectivity index (χ2v) is 6.29. The molecule has 0 fully saturated rings. The molecule has 0 spiro atoms. The van der Waals surface area contributed by atoms with E-state index in [1.807, 2.05) is 0 Å². The average Bonchev–Trinajstić information content (AvgIpc) is 2.28. The van der Waals surface area contributed by atoms with Crippen LogP contribution in [0.5, 0.6) is 0 Å². The lowest BCUT2D eigenvalue weighted by atomic mass is 10.2. The quantitative estimate of drug-likeness (QED) is 0.590. The van der Waals surface area contributed by atoms with Gasteiger partial charge in [-0.15, -0.1) is 0 Å². The summed E-state index contributed by atoms with van der Waals surface area (Å²) in [6, 6.07) is 3.93. The molecule has 0 aliphatic rings. The molecule has 6 nitrogen and oxygen atoms in total. The molecule has 1 atom stereocenters. The Labute approximate surface area is 112 Å². The van der Waals surface area contributed by atoms with Crippen molar-refractivity contribution in [2.75, 3.05) is 12.4 Å². The number of nitro benzene ring substituents is 1. The molecular weight excluding hydrogens is 270 g/mol. The van der Waals surface area contributed by atoms with Crippen molar-refractivity contribution in [3.8, 4) is 0 Å². The maximum atomic E-state index is 12.1. The summed E-state index contributed by atoms with van der Waals surface area (Å²) in [7, 11) is -3.58. The Bertz CT molecular complexity index is 567. The van der Waals surface area contributed by atoms with Gasteiger partial charge in [0.2, 0.25) is 0 Å². The molecule has 0 aliphatic heterocycles. The van der Waals surface area contributed by atoms with E-state index in [0.717, 1.165) is 6.07 Å². The van der Waals surface area contributed by atoms with Crippen molar-refractivity contribution in [1.29, 1.82) is 0 Å². The Morgan fingerprint density at radius 1 is 1.42 bits per heavy atom. The predicted octanol–water partition coefficient (Wildman–Crippen LogP) is 2.10. The van der Waals surface area contributed by atoms with Crippen molar-refractivity contribution >= 4 is 15.5 Å². The van der Waals surface area contributed by atoms with Crippen molar-refractivity contribution in [1.82, 2.24) is 0 Å². The van der Waals surface area contributed by atoms with Crippen LogP contribution in [0, 0.1) is 17.0 Å². The summed E-state index contributed by atoms with van der Waals surface area (Å²) in [6.07, 6.45) is -0.449. The first-order valence-corrected chi connectivity index (χ1v) is 7.52. The molecule has 19 heavy (non-hydrogen) atoms. The molecule has 1 aromatic rings. The predicted molar refractivity (Wildman–Crippen MR) is 71.0 cm³/mol. The van der Waals surface area contributed by atoms with E-state index in [-0.39, 0.29) is 16.3 Å². The van der Waals surface area contributed by atoms with E-state index in [9.17, 15) is 18.5 Å². The van der Waals surface area contributed by atoms with E-state index in [2.05, 4.69) is 0 Å². The lowest BCUT2D eigenvalue weighted by Crippen LogP contribution is -2.21. The first-order valence-electron chi connectivity index (χ1n) is 5.87. The van der Waals surface area contributed by atoms with Gasteiger partial charge in [-0.05, 0) is 26.8 Å². The molecule has 1 rings (SSSR count). The molecule has 0 radical (unpaired) electrons. The Hall–Kier alpha value is -1.47. The minimum Gasteiger partial charge on any atom is -0.378 e. The molecule has 0 saturated heterocycles. The van der Waals surface area contributed by atoms with Crippen LogP contribution in [0.15, 0.2) is 23.1 Å². The number of hydrogen-bond acceptors (Lipinski definition) is 5. The summed E-state index contributed by atoms with van der Waals surface area (Å²) in [5, 5.41) is 10.8. The molecule has 7 heteroatoms. The third-order valence-electron chi connectivity index (χ3n) is 2.64. The van der Waals surface area contributed by atoms with Gasteiger partial charge in [0, 0.05) is 18.2 Å². The second kappa shape index (κ2) is 6.12. The fraction of sp³-hybridized carbons (Fsp3) is 0.500. The van der Waals surface area contributed by atoms with Gasteiger partial charge >= 0.3 is 0 Å². The normalized spacial score (nSPS) is 13.2. The molecule has 0 aliphatic carbocycles. The topological polar surface area (TPSA) is 86.5 Å². The lowest BCUT2D eigenvalue weighted by molar-refractivity contribution is -0.385. The SMILES string of the molecule is CCOC(C)CS(=O)(=O)c1ccc(C)c([N+](=O)[O-])c1. The third-order valence-corrected chi connectivity index (χ3v) is 4.52. The summed E-state index contributed by atoms with van der Waals surface area (Å²) in [5.74, 6) is -0.193. The summed E-state index contributed by atoms with van der Waals surface area (Å²) in [6.45, 7) is 5.42. The molecule has 0 amide bonds. The highest BCUT2D eigenvalue weighted by atomic mass is 32.2. The van der Waals surface area contributed by atoms with E-state index in [0.29, 0.717) is 12.2 Å². The molecule has 0 bridgehead atoms. The van der Waals surface area contributed by atoms with Crippen LogP contribution in [-0.2, 0) is 14.6 Å². The van der Waals surface area contributed by atoms with Crippen molar-refractivity contribution in [3.63, 3.8) is 0 Å². The highest BCUT2D eigenvalue weighted by Gasteiger charge is 2.22.